The highest BCUT2D eigenvalue weighted by molar-refractivity contribution is 5.44. The van der Waals surface area contributed by atoms with Gasteiger partial charge in [-0.25, -0.2) is 4.39 Å². The Bertz CT molecular complexity index is 301. The van der Waals surface area contributed by atoms with Gasteiger partial charge in [0, 0.05) is 5.69 Å². The number of nitrogens with two attached hydrogens (primary N) is 1. The van der Waals surface area contributed by atoms with E-state index in [-0.39, 0.29) is 17.9 Å². The fraction of sp³-hybridized carbons (Fsp3) is 0.400. The Morgan fingerprint density at radius 1 is 1.29 bits per heavy atom. The van der Waals surface area contributed by atoms with E-state index in [9.17, 15) is 4.39 Å². The van der Waals surface area contributed by atoms with Gasteiger partial charge in [0.15, 0.2) is 0 Å². The van der Waals surface area contributed by atoms with Crippen LogP contribution in [0.5, 0.6) is 0 Å². The molecule has 1 heterocycles. The van der Waals surface area contributed by atoms with E-state index in [1.807, 2.05) is 0 Å². The molecule has 0 bridgehead atoms. The van der Waals surface area contributed by atoms with E-state index in [0.29, 0.717) is 13.2 Å². The maximum absolute atomic E-state index is 12.6. The number of halogens is 1. The van der Waals surface area contributed by atoms with Gasteiger partial charge in [0.05, 0.1) is 25.3 Å². The van der Waals surface area contributed by atoms with Crippen LogP contribution in [0.25, 0.3) is 0 Å². The predicted octanol–water partition coefficient (Wildman–Crippen LogP) is 0.964. The van der Waals surface area contributed by atoms with E-state index < -0.39 is 0 Å². The van der Waals surface area contributed by atoms with Gasteiger partial charge in [-0.05, 0) is 24.3 Å². The van der Waals surface area contributed by atoms with E-state index >= 15 is 0 Å². The highest BCUT2D eigenvalue weighted by Crippen LogP contribution is 2.13. The summed E-state index contributed by atoms with van der Waals surface area (Å²) < 4.78 is 17.8. The number of rotatable bonds is 2. The molecule has 0 spiro atoms. The highest BCUT2D eigenvalue weighted by Gasteiger charge is 2.24. The zero-order chi connectivity index (χ0) is 9.97. The van der Waals surface area contributed by atoms with Crippen molar-refractivity contribution in [3.05, 3.63) is 30.1 Å². The van der Waals surface area contributed by atoms with Gasteiger partial charge in [0.25, 0.3) is 0 Å². The zero-order valence-corrected chi connectivity index (χ0v) is 7.74. The van der Waals surface area contributed by atoms with Crippen LogP contribution in [0.2, 0.25) is 0 Å². The standard InChI is InChI=1S/C10H13FN2O/c11-7-1-3-8(4-2-7)13-10-6-14-5-9(10)12/h1-4,9-10,13H,5-6,12H2/t9-,10+/m0/s1. The number of ether oxygens (including phenoxy) is 1. The molecule has 0 radical (unpaired) electrons. The Labute approximate surface area is 82.1 Å². The van der Waals surface area contributed by atoms with Crippen molar-refractivity contribution in [3.8, 4) is 0 Å². The number of benzene rings is 1. The molecular weight excluding hydrogens is 183 g/mol. The monoisotopic (exact) mass is 196 g/mol. The normalized spacial score (nSPS) is 26.4. The second kappa shape index (κ2) is 3.94. The Morgan fingerprint density at radius 3 is 2.57 bits per heavy atom. The second-order valence-electron chi connectivity index (χ2n) is 3.46. The number of nitrogens with one attached hydrogen (secondary N) is 1. The molecule has 2 rings (SSSR count). The molecule has 0 saturated carbocycles. The van der Waals surface area contributed by atoms with Crippen molar-refractivity contribution in [3.63, 3.8) is 0 Å². The van der Waals surface area contributed by atoms with Crippen molar-refractivity contribution >= 4 is 5.69 Å². The molecule has 2 atom stereocenters. The van der Waals surface area contributed by atoms with Crippen LogP contribution < -0.4 is 11.1 Å². The lowest BCUT2D eigenvalue weighted by Crippen LogP contribution is -2.38. The lowest BCUT2D eigenvalue weighted by molar-refractivity contribution is 0.192. The largest absolute Gasteiger partial charge is 0.378 e. The van der Waals surface area contributed by atoms with E-state index in [2.05, 4.69) is 5.32 Å². The van der Waals surface area contributed by atoms with Gasteiger partial charge in [-0.3, -0.25) is 0 Å². The number of anilines is 1. The third-order valence-corrected chi connectivity index (χ3v) is 2.32. The molecule has 4 heteroatoms. The van der Waals surface area contributed by atoms with Crippen molar-refractivity contribution in [1.82, 2.24) is 0 Å². The van der Waals surface area contributed by atoms with E-state index in [1.54, 1.807) is 12.1 Å². The molecule has 0 aromatic heterocycles. The first-order valence-electron chi connectivity index (χ1n) is 4.61. The van der Waals surface area contributed by atoms with Crippen LogP contribution in [-0.4, -0.2) is 25.3 Å². The number of hydrogen-bond donors (Lipinski definition) is 2. The topological polar surface area (TPSA) is 47.3 Å². The Kier molecular flexibility index (Phi) is 2.65. The number of hydrogen-bond acceptors (Lipinski definition) is 3. The summed E-state index contributed by atoms with van der Waals surface area (Å²) in [5, 5.41) is 3.20. The molecular formula is C10H13FN2O. The summed E-state index contributed by atoms with van der Waals surface area (Å²) in [7, 11) is 0. The van der Waals surface area contributed by atoms with Crippen LogP contribution in [0.4, 0.5) is 10.1 Å². The van der Waals surface area contributed by atoms with Gasteiger partial charge < -0.3 is 15.8 Å². The van der Waals surface area contributed by atoms with Gasteiger partial charge >= 0.3 is 0 Å². The molecule has 14 heavy (non-hydrogen) atoms. The van der Waals surface area contributed by atoms with Crippen molar-refractivity contribution in [2.75, 3.05) is 18.5 Å². The first kappa shape index (κ1) is 9.43. The summed E-state index contributed by atoms with van der Waals surface area (Å²) in [5.41, 5.74) is 6.67. The predicted molar refractivity (Wildman–Crippen MR) is 52.6 cm³/mol. The molecule has 0 unspecified atom stereocenters. The van der Waals surface area contributed by atoms with Crippen LogP contribution in [0, 0.1) is 5.82 Å². The van der Waals surface area contributed by atoms with Crippen molar-refractivity contribution in [2.24, 2.45) is 5.73 Å². The molecule has 1 saturated heterocycles. The summed E-state index contributed by atoms with van der Waals surface area (Å²) in [4.78, 5) is 0. The molecule has 3 nitrogen and oxygen atoms in total. The molecule has 1 fully saturated rings. The first-order valence-corrected chi connectivity index (χ1v) is 4.61. The fourth-order valence-electron chi connectivity index (χ4n) is 1.48. The summed E-state index contributed by atoms with van der Waals surface area (Å²) in [5.74, 6) is -0.234. The van der Waals surface area contributed by atoms with Crippen molar-refractivity contribution < 1.29 is 9.13 Å². The van der Waals surface area contributed by atoms with E-state index in [4.69, 9.17) is 10.5 Å². The minimum absolute atomic E-state index is 0.0139. The van der Waals surface area contributed by atoms with E-state index in [1.165, 1.54) is 12.1 Å². The third kappa shape index (κ3) is 2.02. The average molecular weight is 196 g/mol. The molecule has 0 amide bonds. The zero-order valence-electron chi connectivity index (χ0n) is 7.74. The van der Waals surface area contributed by atoms with E-state index in [0.717, 1.165) is 5.69 Å². The SMILES string of the molecule is N[C@H]1COC[C@H]1Nc1ccc(F)cc1. The van der Waals surface area contributed by atoms with Crippen LogP contribution >= 0.6 is 0 Å². The Hall–Kier alpha value is -1.13. The second-order valence-corrected chi connectivity index (χ2v) is 3.46. The Balaban J connectivity index is 2.00. The lowest BCUT2D eigenvalue weighted by Gasteiger charge is -2.16. The molecule has 1 aliphatic rings. The van der Waals surface area contributed by atoms with Crippen LogP contribution in [-0.2, 0) is 4.74 Å². The maximum atomic E-state index is 12.6. The molecule has 0 aliphatic carbocycles. The molecule has 1 aliphatic heterocycles. The first-order chi connectivity index (χ1) is 6.75. The van der Waals surface area contributed by atoms with Crippen LogP contribution in [0.3, 0.4) is 0 Å². The molecule has 1 aromatic carbocycles. The molecule has 76 valence electrons. The quantitative estimate of drug-likeness (QED) is 0.740. The fourth-order valence-corrected chi connectivity index (χ4v) is 1.48. The minimum Gasteiger partial charge on any atom is -0.378 e. The minimum atomic E-state index is -0.234. The summed E-state index contributed by atoms with van der Waals surface area (Å²) >= 11 is 0. The summed E-state index contributed by atoms with van der Waals surface area (Å²) in [6.07, 6.45) is 0. The van der Waals surface area contributed by atoms with Crippen LogP contribution in [0.1, 0.15) is 0 Å². The van der Waals surface area contributed by atoms with Crippen molar-refractivity contribution in [2.45, 2.75) is 12.1 Å². The van der Waals surface area contributed by atoms with Gasteiger partial charge in [0.1, 0.15) is 5.82 Å². The molecule has 1 aromatic rings. The maximum Gasteiger partial charge on any atom is 0.123 e. The summed E-state index contributed by atoms with van der Waals surface area (Å²) in [6.45, 7) is 1.19. The van der Waals surface area contributed by atoms with Gasteiger partial charge in [0.2, 0.25) is 0 Å². The highest BCUT2D eigenvalue weighted by atomic mass is 19.1. The smallest absolute Gasteiger partial charge is 0.123 e. The van der Waals surface area contributed by atoms with Gasteiger partial charge in [-0.2, -0.15) is 0 Å². The van der Waals surface area contributed by atoms with Crippen LogP contribution in [0.15, 0.2) is 24.3 Å². The molecule has 3 N–H and O–H groups in total. The van der Waals surface area contributed by atoms with Gasteiger partial charge in [-0.15, -0.1) is 0 Å². The average Bonchev–Trinajstić information content (AvgIpc) is 2.56. The lowest BCUT2D eigenvalue weighted by atomic mass is 10.2. The Morgan fingerprint density at radius 2 is 2.00 bits per heavy atom. The van der Waals surface area contributed by atoms with Gasteiger partial charge in [-0.1, -0.05) is 0 Å². The van der Waals surface area contributed by atoms with Crippen molar-refractivity contribution in [1.29, 1.82) is 0 Å². The third-order valence-electron chi connectivity index (χ3n) is 2.32. The summed E-state index contributed by atoms with van der Waals surface area (Å²) in [6, 6.07) is 6.37.